The molecule has 1 heterocycles. The van der Waals surface area contributed by atoms with Crippen LogP contribution in [-0.4, -0.2) is 37.3 Å². The van der Waals surface area contributed by atoms with Crippen molar-refractivity contribution in [3.8, 4) is 0 Å². The third-order valence-electron chi connectivity index (χ3n) is 3.39. The molecule has 0 aliphatic carbocycles. The highest BCUT2D eigenvalue weighted by Gasteiger charge is 2.48. The van der Waals surface area contributed by atoms with E-state index in [1.165, 1.54) is 6.07 Å². The third-order valence-corrected chi connectivity index (χ3v) is 3.39. The van der Waals surface area contributed by atoms with Crippen LogP contribution in [0.25, 0.3) is 0 Å². The van der Waals surface area contributed by atoms with E-state index < -0.39 is 29.5 Å². The fraction of sp³-hybridized carbons (Fsp3) is 0.538. The van der Waals surface area contributed by atoms with Gasteiger partial charge in [0.2, 0.25) is 0 Å². The van der Waals surface area contributed by atoms with Crippen molar-refractivity contribution in [3.05, 3.63) is 35.4 Å². The number of benzene rings is 1. The Balaban J connectivity index is 0.00000242. The summed E-state index contributed by atoms with van der Waals surface area (Å²) in [5.74, 6) is 0. The average Bonchev–Trinajstić information content (AvgIpc) is 2.38. The van der Waals surface area contributed by atoms with Gasteiger partial charge in [-0.15, -0.1) is 24.8 Å². The number of piperazine rings is 1. The molecule has 0 spiro atoms. The van der Waals surface area contributed by atoms with Gasteiger partial charge in [-0.3, -0.25) is 4.90 Å². The Morgan fingerprint density at radius 1 is 0.913 bits per heavy atom. The van der Waals surface area contributed by atoms with E-state index in [4.69, 9.17) is 0 Å². The summed E-state index contributed by atoms with van der Waals surface area (Å²) >= 11 is 0. The normalized spacial score (nSPS) is 17.8. The molecule has 1 N–H and O–H groups in total. The molecular weight excluding hydrogens is 369 g/mol. The summed E-state index contributed by atoms with van der Waals surface area (Å²) < 4.78 is 78.9. The van der Waals surface area contributed by atoms with Crippen molar-refractivity contribution in [2.24, 2.45) is 0 Å². The summed E-state index contributed by atoms with van der Waals surface area (Å²) in [6, 6.07) is 1.65. The number of nitrogens with zero attached hydrogens (tertiary/aromatic N) is 1. The van der Waals surface area contributed by atoms with Crippen molar-refractivity contribution in [1.29, 1.82) is 0 Å². The summed E-state index contributed by atoms with van der Waals surface area (Å²) in [6.45, 7) is 0.744. The van der Waals surface area contributed by atoms with Crippen LogP contribution in [0.1, 0.15) is 17.2 Å². The molecule has 1 aliphatic heterocycles. The second-order valence-electron chi connectivity index (χ2n) is 4.82. The molecule has 0 radical (unpaired) electrons. The molecule has 2 nitrogen and oxygen atoms in total. The van der Waals surface area contributed by atoms with Crippen LogP contribution < -0.4 is 5.32 Å². The molecule has 0 unspecified atom stereocenters. The van der Waals surface area contributed by atoms with Gasteiger partial charge in [0.15, 0.2) is 0 Å². The van der Waals surface area contributed by atoms with Gasteiger partial charge in [0.05, 0.1) is 5.56 Å². The van der Waals surface area contributed by atoms with E-state index in [9.17, 15) is 26.3 Å². The number of rotatable bonds is 2. The molecular formula is C13H16Cl2F6N2. The number of hydrogen-bond donors (Lipinski definition) is 1. The summed E-state index contributed by atoms with van der Waals surface area (Å²) in [4.78, 5) is 1.04. The van der Waals surface area contributed by atoms with Gasteiger partial charge in [0.25, 0.3) is 0 Å². The molecule has 0 bridgehead atoms. The lowest BCUT2D eigenvalue weighted by Gasteiger charge is -2.37. The molecule has 1 atom stereocenters. The standard InChI is InChI=1S/C13H14F6N2.2ClH/c14-12(15,16)10-4-2-1-3-9(10)11(13(17,18)19)21-7-5-20-6-8-21;;/h1-4,11,20H,5-8H2;2*1H/t11-;;/m1../s1. The van der Waals surface area contributed by atoms with E-state index in [0.717, 1.165) is 17.0 Å². The van der Waals surface area contributed by atoms with Crippen molar-refractivity contribution < 1.29 is 26.3 Å². The van der Waals surface area contributed by atoms with Gasteiger partial charge < -0.3 is 5.32 Å². The number of halogens is 8. The second kappa shape index (κ2) is 8.41. The number of nitrogens with one attached hydrogen (secondary N) is 1. The predicted octanol–water partition coefficient (Wildman–Crippen LogP) is 4.06. The highest BCUT2D eigenvalue weighted by atomic mass is 35.5. The quantitative estimate of drug-likeness (QED) is 0.773. The van der Waals surface area contributed by atoms with Crippen molar-refractivity contribution >= 4 is 24.8 Å². The number of alkyl halides is 6. The highest BCUT2D eigenvalue weighted by molar-refractivity contribution is 5.85. The van der Waals surface area contributed by atoms with Crippen molar-refractivity contribution in [1.82, 2.24) is 10.2 Å². The maximum absolute atomic E-state index is 13.3. The van der Waals surface area contributed by atoms with Gasteiger partial charge in [0, 0.05) is 26.2 Å². The fourth-order valence-corrected chi connectivity index (χ4v) is 2.51. The van der Waals surface area contributed by atoms with E-state index in [1.807, 2.05) is 0 Å². The maximum atomic E-state index is 13.3. The lowest BCUT2D eigenvalue weighted by atomic mass is 9.97. The van der Waals surface area contributed by atoms with Crippen LogP contribution in [0.2, 0.25) is 0 Å². The molecule has 23 heavy (non-hydrogen) atoms. The van der Waals surface area contributed by atoms with Crippen LogP contribution in [0.5, 0.6) is 0 Å². The zero-order valence-electron chi connectivity index (χ0n) is 11.7. The Hall–Kier alpha value is -0.700. The minimum absolute atomic E-state index is 0. The monoisotopic (exact) mass is 384 g/mol. The molecule has 10 heteroatoms. The fourth-order valence-electron chi connectivity index (χ4n) is 2.51. The Bertz CT molecular complexity index is 486. The SMILES string of the molecule is Cl.Cl.FC(F)(F)c1ccccc1[C@@H](N1CCNCC1)C(F)(F)F. The Morgan fingerprint density at radius 2 is 1.43 bits per heavy atom. The first-order chi connectivity index (χ1) is 9.71. The minimum Gasteiger partial charge on any atom is -0.314 e. The van der Waals surface area contributed by atoms with Crippen LogP contribution in [-0.2, 0) is 6.18 Å². The van der Waals surface area contributed by atoms with E-state index in [2.05, 4.69) is 5.32 Å². The Kier molecular flexibility index (Phi) is 8.16. The zero-order chi connectivity index (χ0) is 15.7. The lowest BCUT2D eigenvalue weighted by molar-refractivity contribution is -0.190. The molecule has 1 aromatic carbocycles. The second-order valence-corrected chi connectivity index (χ2v) is 4.82. The molecule has 0 saturated carbocycles. The molecule has 1 saturated heterocycles. The van der Waals surface area contributed by atoms with Crippen LogP contribution in [0, 0.1) is 0 Å². The topological polar surface area (TPSA) is 15.3 Å². The smallest absolute Gasteiger partial charge is 0.314 e. The van der Waals surface area contributed by atoms with Crippen molar-refractivity contribution in [3.63, 3.8) is 0 Å². The molecule has 134 valence electrons. The average molecular weight is 385 g/mol. The summed E-state index contributed by atoms with van der Waals surface area (Å²) in [5, 5.41) is 2.89. The number of hydrogen-bond acceptors (Lipinski definition) is 2. The van der Waals surface area contributed by atoms with E-state index >= 15 is 0 Å². The largest absolute Gasteiger partial charge is 0.416 e. The Morgan fingerprint density at radius 3 is 1.91 bits per heavy atom. The van der Waals surface area contributed by atoms with Crippen molar-refractivity contribution in [2.75, 3.05) is 26.2 Å². The van der Waals surface area contributed by atoms with Crippen LogP contribution in [0.15, 0.2) is 24.3 Å². The molecule has 0 aromatic heterocycles. The lowest BCUT2D eigenvalue weighted by Crippen LogP contribution is -2.49. The first kappa shape index (κ1) is 22.3. The maximum Gasteiger partial charge on any atom is 0.416 e. The minimum atomic E-state index is -4.81. The van der Waals surface area contributed by atoms with Crippen LogP contribution in [0.3, 0.4) is 0 Å². The molecule has 1 aliphatic rings. The van der Waals surface area contributed by atoms with Crippen LogP contribution in [0.4, 0.5) is 26.3 Å². The molecule has 1 fully saturated rings. The Labute approximate surface area is 142 Å². The first-order valence-electron chi connectivity index (χ1n) is 6.39. The predicted molar refractivity (Wildman–Crippen MR) is 79.2 cm³/mol. The highest BCUT2D eigenvalue weighted by Crippen LogP contribution is 2.43. The zero-order valence-corrected chi connectivity index (χ0v) is 13.4. The van der Waals surface area contributed by atoms with Gasteiger partial charge in [-0.05, 0) is 11.6 Å². The summed E-state index contributed by atoms with van der Waals surface area (Å²) in [6.07, 6.45) is -9.58. The third kappa shape index (κ3) is 5.41. The van der Waals surface area contributed by atoms with Gasteiger partial charge in [0.1, 0.15) is 6.04 Å². The molecule has 1 aromatic rings. The van der Waals surface area contributed by atoms with Gasteiger partial charge in [-0.2, -0.15) is 26.3 Å². The molecule has 2 rings (SSSR count). The van der Waals surface area contributed by atoms with Crippen molar-refractivity contribution in [2.45, 2.75) is 18.4 Å². The van der Waals surface area contributed by atoms with E-state index in [1.54, 1.807) is 0 Å². The molecule has 0 amide bonds. The van der Waals surface area contributed by atoms with Gasteiger partial charge in [-0.25, -0.2) is 0 Å². The van der Waals surface area contributed by atoms with E-state index in [0.29, 0.717) is 19.2 Å². The first-order valence-corrected chi connectivity index (χ1v) is 6.39. The van der Waals surface area contributed by atoms with Crippen LogP contribution >= 0.6 is 24.8 Å². The van der Waals surface area contributed by atoms with E-state index in [-0.39, 0.29) is 37.9 Å². The van der Waals surface area contributed by atoms with Gasteiger partial charge in [-0.1, -0.05) is 18.2 Å². The van der Waals surface area contributed by atoms with Gasteiger partial charge >= 0.3 is 12.4 Å². The summed E-state index contributed by atoms with van der Waals surface area (Å²) in [5.41, 5.74) is -1.97. The summed E-state index contributed by atoms with van der Waals surface area (Å²) in [7, 11) is 0.